The third-order valence-electron chi connectivity index (χ3n) is 1.63. The summed E-state index contributed by atoms with van der Waals surface area (Å²) in [5.74, 6) is 0. The van der Waals surface area contributed by atoms with Crippen molar-refractivity contribution in [3.8, 4) is 11.4 Å². The Hall–Kier alpha value is -1.92. The molecular weight excluding hydrogens is 211 g/mol. The van der Waals surface area contributed by atoms with Crippen molar-refractivity contribution in [3.63, 3.8) is 0 Å². The zero-order valence-corrected chi connectivity index (χ0v) is 7.19. The summed E-state index contributed by atoms with van der Waals surface area (Å²) in [4.78, 5) is 6.82. The Morgan fingerprint density at radius 1 is 1.13 bits per heavy atom. The van der Waals surface area contributed by atoms with Crippen LogP contribution in [0.3, 0.4) is 0 Å². The molecule has 0 aliphatic heterocycles. The summed E-state index contributed by atoms with van der Waals surface area (Å²) in [6, 6.07) is 1.41. The van der Waals surface area contributed by atoms with Crippen molar-refractivity contribution in [1.29, 1.82) is 0 Å². The Bertz CT molecular complexity index is 452. The van der Waals surface area contributed by atoms with Crippen LogP contribution in [0.2, 0.25) is 0 Å². The molecule has 78 valence electrons. The molecule has 0 fully saturated rings. The smallest absolute Gasteiger partial charge is 0.364 e. The van der Waals surface area contributed by atoms with E-state index in [9.17, 15) is 13.2 Å². The van der Waals surface area contributed by atoms with Crippen molar-refractivity contribution >= 4 is 0 Å². The Kier molecular flexibility index (Phi) is 2.14. The van der Waals surface area contributed by atoms with Gasteiger partial charge in [-0.15, -0.1) is 0 Å². The molecule has 0 spiro atoms. The van der Waals surface area contributed by atoms with E-state index in [2.05, 4.69) is 19.6 Å². The zero-order valence-electron chi connectivity index (χ0n) is 7.19. The van der Waals surface area contributed by atoms with E-state index in [1.165, 1.54) is 18.5 Å². The second-order valence-corrected chi connectivity index (χ2v) is 2.67. The third kappa shape index (κ3) is 1.95. The molecule has 0 radical (unpaired) electrons. The molecule has 15 heavy (non-hydrogen) atoms. The molecule has 0 saturated carbocycles. The lowest BCUT2D eigenvalue weighted by atomic mass is 10.3. The minimum Gasteiger partial charge on any atom is -0.364 e. The standard InChI is InChI=1S/C8H4F3N3O/c9-8(10,11)7-4-12-3-6(13-7)5-1-2-15-14-5/h1-4H. The van der Waals surface area contributed by atoms with E-state index in [1.807, 2.05) is 0 Å². The molecule has 2 aromatic heterocycles. The van der Waals surface area contributed by atoms with Crippen LogP contribution < -0.4 is 0 Å². The molecule has 7 heteroatoms. The predicted octanol–water partition coefficient (Wildman–Crippen LogP) is 2.15. The average Bonchev–Trinajstić information content (AvgIpc) is 2.69. The first kappa shape index (κ1) is 9.63. The second kappa shape index (κ2) is 3.34. The maximum Gasteiger partial charge on any atom is 0.434 e. The topological polar surface area (TPSA) is 51.8 Å². The van der Waals surface area contributed by atoms with Crippen LogP contribution in [0.4, 0.5) is 13.2 Å². The van der Waals surface area contributed by atoms with Gasteiger partial charge < -0.3 is 4.52 Å². The molecule has 0 unspecified atom stereocenters. The van der Waals surface area contributed by atoms with E-state index in [0.717, 1.165) is 0 Å². The first-order valence-corrected chi connectivity index (χ1v) is 3.87. The summed E-state index contributed by atoms with van der Waals surface area (Å²) in [5.41, 5.74) is -0.810. The highest BCUT2D eigenvalue weighted by molar-refractivity contribution is 5.51. The molecule has 4 nitrogen and oxygen atoms in total. The first-order chi connectivity index (χ1) is 7.07. The van der Waals surface area contributed by atoms with Gasteiger partial charge in [-0.2, -0.15) is 13.2 Å². The average molecular weight is 215 g/mol. The van der Waals surface area contributed by atoms with Crippen LogP contribution >= 0.6 is 0 Å². The number of nitrogens with zero attached hydrogens (tertiary/aromatic N) is 3. The number of alkyl halides is 3. The molecule has 2 aromatic rings. The van der Waals surface area contributed by atoms with Crippen molar-refractivity contribution in [1.82, 2.24) is 15.1 Å². The summed E-state index contributed by atoms with van der Waals surface area (Å²) in [6.45, 7) is 0. The quantitative estimate of drug-likeness (QED) is 0.731. The molecule has 2 rings (SSSR count). The maximum atomic E-state index is 12.3. The molecule has 0 aliphatic rings. The monoisotopic (exact) mass is 215 g/mol. The molecule has 2 heterocycles. The number of rotatable bonds is 1. The molecule has 0 aromatic carbocycles. The predicted molar refractivity (Wildman–Crippen MR) is 42.5 cm³/mol. The van der Waals surface area contributed by atoms with Gasteiger partial charge in [0.15, 0.2) is 5.69 Å². The third-order valence-corrected chi connectivity index (χ3v) is 1.63. The van der Waals surface area contributed by atoms with Gasteiger partial charge >= 0.3 is 6.18 Å². The normalized spacial score (nSPS) is 11.7. The number of halogens is 3. The van der Waals surface area contributed by atoms with Gasteiger partial charge in [0.25, 0.3) is 0 Å². The van der Waals surface area contributed by atoms with Crippen LogP contribution in [-0.4, -0.2) is 15.1 Å². The van der Waals surface area contributed by atoms with Crippen LogP contribution in [0.5, 0.6) is 0 Å². The fraction of sp³-hybridized carbons (Fsp3) is 0.125. The fourth-order valence-electron chi connectivity index (χ4n) is 0.971. The van der Waals surface area contributed by atoms with Crippen molar-refractivity contribution in [3.05, 3.63) is 30.4 Å². The largest absolute Gasteiger partial charge is 0.434 e. The molecule has 0 bridgehead atoms. The van der Waals surface area contributed by atoms with Gasteiger partial charge in [-0.25, -0.2) is 4.98 Å². The summed E-state index contributed by atoms with van der Waals surface area (Å²) in [5, 5.41) is 3.46. The Morgan fingerprint density at radius 2 is 1.93 bits per heavy atom. The minimum atomic E-state index is -4.51. The van der Waals surface area contributed by atoms with Gasteiger partial charge in [-0.3, -0.25) is 4.98 Å². The highest BCUT2D eigenvalue weighted by Gasteiger charge is 2.33. The summed E-state index contributed by atoms with van der Waals surface area (Å²) < 4.78 is 41.3. The SMILES string of the molecule is FC(F)(F)c1cncc(-c2ccon2)n1. The van der Waals surface area contributed by atoms with E-state index in [0.29, 0.717) is 6.20 Å². The second-order valence-electron chi connectivity index (χ2n) is 2.67. The highest BCUT2D eigenvalue weighted by Crippen LogP contribution is 2.28. The van der Waals surface area contributed by atoms with E-state index in [1.54, 1.807) is 0 Å². The lowest BCUT2D eigenvalue weighted by Gasteiger charge is -2.04. The summed E-state index contributed by atoms with van der Waals surface area (Å²) in [6.07, 6.45) is -1.42. The molecule has 0 aliphatic carbocycles. The Balaban J connectivity index is 2.44. The molecular formula is C8H4F3N3O. The van der Waals surface area contributed by atoms with Gasteiger partial charge in [0, 0.05) is 6.07 Å². The highest BCUT2D eigenvalue weighted by atomic mass is 19.4. The van der Waals surface area contributed by atoms with Crippen LogP contribution in [-0.2, 0) is 6.18 Å². The fourth-order valence-corrected chi connectivity index (χ4v) is 0.971. The lowest BCUT2D eigenvalue weighted by molar-refractivity contribution is -0.141. The molecule has 0 saturated heterocycles. The number of aromatic nitrogens is 3. The van der Waals surface area contributed by atoms with Crippen molar-refractivity contribution in [2.24, 2.45) is 0 Å². The Labute approximate surface area is 81.8 Å². The van der Waals surface area contributed by atoms with Crippen LogP contribution in [0.25, 0.3) is 11.4 Å². The van der Waals surface area contributed by atoms with E-state index in [4.69, 9.17) is 0 Å². The van der Waals surface area contributed by atoms with Gasteiger partial charge in [0.2, 0.25) is 0 Å². The van der Waals surface area contributed by atoms with Gasteiger partial charge in [0.1, 0.15) is 17.7 Å². The summed E-state index contributed by atoms with van der Waals surface area (Å²) >= 11 is 0. The van der Waals surface area contributed by atoms with Crippen molar-refractivity contribution < 1.29 is 17.7 Å². The van der Waals surface area contributed by atoms with E-state index >= 15 is 0 Å². The summed E-state index contributed by atoms with van der Waals surface area (Å²) in [7, 11) is 0. The van der Waals surface area contributed by atoms with E-state index in [-0.39, 0.29) is 11.4 Å². The van der Waals surface area contributed by atoms with Gasteiger partial charge in [-0.1, -0.05) is 5.16 Å². The number of hydrogen-bond donors (Lipinski definition) is 0. The zero-order chi connectivity index (χ0) is 10.9. The lowest BCUT2D eigenvalue weighted by Crippen LogP contribution is -2.08. The van der Waals surface area contributed by atoms with Crippen molar-refractivity contribution in [2.45, 2.75) is 6.18 Å². The maximum absolute atomic E-state index is 12.3. The van der Waals surface area contributed by atoms with Crippen molar-refractivity contribution in [2.75, 3.05) is 0 Å². The van der Waals surface area contributed by atoms with Crippen LogP contribution in [0.1, 0.15) is 5.69 Å². The van der Waals surface area contributed by atoms with Crippen LogP contribution in [0, 0.1) is 0 Å². The minimum absolute atomic E-state index is 0.0265. The van der Waals surface area contributed by atoms with Gasteiger partial charge in [0.05, 0.1) is 12.4 Å². The molecule has 0 amide bonds. The van der Waals surface area contributed by atoms with Crippen LogP contribution in [0.15, 0.2) is 29.2 Å². The first-order valence-electron chi connectivity index (χ1n) is 3.87. The van der Waals surface area contributed by atoms with E-state index < -0.39 is 11.9 Å². The number of hydrogen-bond acceptors (Lipinski definition) is 4. The Morgan fingerprint density at radius 3 is 2.53 bits per heavy atom. The van der Waals surface area contributed by atoms with Gasteiger partial charge in [-0.05, 0) is 0 Å². The molecule has 0 atom stereocenters. The molecule has 0 N–H and O–H groups in total.